The van der Waals surface area contributed by atoms with Crippen LogP contribution in [-0.2, 0) is 13.2 Å². The van der Waals surface area contributed by atoms with Crippen LogP contribution in [0.4, 0.5) is 4.39 Å². The van der Waals surface area contributed by atoms with E-state index >= 15 is 0 Å². The minimum absolute atomic E-state index is 0.0242. The summed E-state index contributed by atoms with van der Waals surface area (Å²) in [5.41, 5.74) is 0.736. The number of hydrogen-bond donors (Lipinski definition) is 2. The van der Waals surface area contributed by atoms with Gasteiger partial charge in [-0.15, -0.1) is 5.10 Å². The molecular weight excluding hydrogens is 301 g/mol. The molecule has 1 saturated carbocycles. The Balaban J connectivity index is 1.62. The van der Waals surface area contributed by atoms with Crippen LogP contribution in [-0.4, -0.2) is 37.0 Å². The number of nitrogens with one attached hydrogen (secondary N) is 1. The third kappa shape index (κ3) is 3.70. The number of nitrogens with zero attached hydrogens (tertiary/aromatic N) is 4. The van der Waals surface area contributed by atoms with E-state index in [1.807, 2.05) is 0 Å². The van der Waals surface area contributed by atoms with Crippen molar-refractivity contribution in [3.8, 4) is 0 Å². The molecule has 23 heavy (non-hydrogen) atoms. The minimum atomic E-state index is -0.467. The van der Waals surface area contributed by atoms with Crippen molar-refractivity contribution in [2.24, 2.45) is 5.92 Å². The molecule has 1 amide bonds. The molecule has 2 aromatic heterocycles. The molecule has 2 atom stereocenters. The maximum atomic E-state index is 12.9. The molecule has 8 heteroatoms. The van der Waals surface area contributed by atoms with E-state index in [1.54, 1.807) is 10.9 Å². The highest BCUT2D eigenvalue weighted by molar-refractivity contribution is 5.92. The zero-order chi connectivity index (χ0) is 16.2. The molecule has 0 aliphatic heterocycles. The topological polar surface area (TPSA) is 92.9 Å². The van der Waals surface area contributed by atoms with Gasteiger partial charge >= 0.3 is 0 Å². The van der Waals surface area contributed by atoms with Crippen molar-refractivity contribution in [2.45, 2.75) is 38.5 Å². The fraction of sp³-hybridized carbons (Fsp3) is 0.467. The second-order valence-electron chi connectivity index (χ2n) is 5.72. The van der Waals surface area contributed by atoms with Crippen molar-refractivity contribution in [3.63, 3.8) is 0 Å². The number of carbonyl (C=O) groups is 1. The Morgan fingerprint density at radius 3 is 3.00 bits per heavy atom. The predicted molar refractivity (Wildman–Crippen MR) is 78.7 cm³/mol. The molecule has 0 saturated heterocycles. The van der Waals surface area contributed by atoms with Crippen LogP contribution in [0, 0.1) is 11.7 Å². The highest BCUT2D eigenvalue weighted by Crippen LogP contribution is 2.27. The number of carbonyl (C=O) groups excluding carboxylic acids is 1. The standard InChI is InChI=1S/C15H18FN5O2/c16-11-4-5-14(17-6-11)15(23)18-13-3-1-2-10(13)7-21-8-12(9-22)19-20-21/h4-6,8,10,13,22H,1-3,7,9H2,(H,18,23)/t10-,13-/m0/s1. The van der Waals surface area contributed by atoms with E-state index in [2.05, 4.69) is 20.6 Å². The van der Waals surface area contributed by atoms with Crippen LogP contribution < -0.4 is 5.32 Å². The quantitative estimate of drug-likeness (QED) is 0.854. The third-order valence-electron chi connectivity index (χ3n) is 4.11. The number of rotatable bonds is 5. The molecule has 2 heterocycles. The molecule has 0 bridgehead atoms. The number of aromatic nitrogens is 4. The lowest BCUT2D eigenvalue weighted by Crippen LogP contribution is -2.39. The zero-order valence-corrected chi connectivity index (χ0v) is 12.5. The van der Waals surface area contributed by atoms with Crippen LogP contribution in [0.2, 0.25) is 0 Å². The van der Waals surface area contributed by atoms with Crippen LogP contribution in [0.3, 0.4) is 0 Å². The lowest BCUT2D eigenvalue weighted by molar-refractivity contribution is 0.0919. The van der Waals surface area contributed by atoms with Crippen molar-refractivity contribution in [1.29, 1.82) is 0 Å². The largest absolute Gasteiger partial charge is 0.390 e. The van der Waals surface area contributed by atoms with Crippen molar-refractivity contribution < 1.29 is 14.3 Å². The SMILES string of the molecule is O=C(N[C@H]1CCC[C@H]1Cn1cc(CO)nn1)c1ccc(F)cn1. The van der Waals surface area contributed by atoms with Gasteiger partial charge in [0.1, 0.15) is 17.2 Å². The molecular formula is C15H18FN5O2. The summed E-state index contributed by atoms with van der Waals surface area (Å²) in [5.74, 6) is -0.518. The third-order valence-corrected chi connectivity index (χ3v) is 4.11. The fourth-order valence-corrected chi connectivity index (χ4v) is 2.94. The van der Waals surface area contributed by atoms with Gasteiger partial charge in [0, 0.05) is 12.6 Å². The molecule has 0 spiro atoms. The van der Waals surface area contributed by atoms with Crippen molar-refractivity contribution in [2.75, 3.05) is 0 Å². The number of halogens is 1. The highest BCUT2D eigenvalue weighted by Gasteiger charge is 2.29. The summed E-state index contributed by atoms with van der Waals surface area (Å²) < 4.78 is 14.6. The second-order valence-corrected chi connectivity index (χ2v) is 5.72. The summed E-state index contributed by atoms with van der Waals surface area (Å²) in [6.07, 6.45) is 5.63. The molecule has 3 rings (SSSR count). The van der Waals surface area contributed by atoms with E-state index in [-0.39, 0.29) is 30.2 Å². The number of aliphatic hydroxyl groups excluding tert-OH is 1. The summed E-state index contributed by atoms with van der Waals surface area (Å²) in [6.45, 7) is 0.496. The molecule has 1 aliphatic carbocycles. The average molecular weight is 319 g/mol. The lowest BCUT2D eigenvalue weighted by Gasteiger charge is -2.20. The normalized spacial score (nSPS) is 20.6. The highest BCUT2D eigenvalue weighted by atomic mass is 19.1. The van der Waals surface area contributed by atoms with Gasteiger partial charge in [-0.2, -0.15) is 0 Å². The Morgan fingerprint density at radius 1 is 1.43 bits per heavy atom. The fourth-order valence-electron chi connectivity index (χ4n) is 2.94. The number of hydrogen-bond acceptors (Lipinski definition) is 5. The van der Waals surface area contributed by atoms with Crippen molar-refractivity contribution in [3.05, 3.63) is 41.7 Å². The smallest absolute Gasteiger partial charge is 0.270 e. The lowest BCUT2D eigenvalue weighted by atomic mass is 10.0. The molecule has 2 aromatic rings. The summed E-state index contributed by atoms with van der Waals surface area (Å²) >= 11 is 0. The zero-order valence-electron chi connectivity index (χ0n) is 12.5. The maximum absolute atomic E-state index is 12.9. The Kier molecular flexibility index (Phi) is 4.61. The van der Waals surface area contributed by atoms with Gasteiger partial charge in [0.2, 0.25) is 0 Å². The molecule has 7 nitrogen and oxygen atoms in total. The molecule has 0 aromatic carbocycles. The van der Waals surface area contributed by atoms with Gasteiger partial charge < -0.3 is 10.4 Å². The van der Waals surface area contributed by atoms with Crippen LogP contribution in [0.15, 0.2) is 24.5 Å². The summed E-state index contributed by atoms with van der Waals surface area (Å²) in [7, 11) is 0. The van der Waals surface area contributed by atoms with Gasteiger partial charge in [-0.1, -0.05) is 11.6 Å². The Labute approximate surface area is 132 Å². The van der Waals surface area contributed by atoms with Crippen molar-refractivity contribution in [1.82, 2.24) is 25.3 Å². The number of pyridine rings is 1. The first-order valence-corrected chi connectivity index (χ1v) is 7.58. The first kappa shape index (κ1) is 15.5. The monoisotopic (exact) mass is 319 g/mol. The first-order chi connectivity index (χ1) is 11.2. The second kappa shape index (κ2) is 6.82. The van der Waals surface area contributed by atoms with Gasteiger partial charge in [-0.05, 0) is 30.9 Å². The van der Waals surface area contributed by atoms with E-state index in [0.717, 1.165) is 25.5 Å². The van der Waals surface area contributed by atoms with Crippen molar-refractivity contribution >= 4 is 5.91 Å². The van der Waals surface area contributed by atoms with Gasteiger partial charge in [0.05, 0.1) is 19.0 Å². The van der Waals surface area contributed by atoms with E-state index in [9.17, 15) is 9.18 Å². The minimum Gasteiger partial charge on any atom is -0.390 e. The van der Waals surface area contributed by atoms with Crippen LogP contribution in [0.5, 0.6) is 0 Å². The van der Waals surface area contributed by atoms with Gasteiger partial charge in [0.15, 0.2) is 0 Å². The Hall–Kier alpha value is -2.35. The van der Waals surface area contributed by atoms with E-state index in [0.29, 0.717) is 12.2 Å². The van der Waals surface area contributed by atoms with Gasteiger partial charge in [0.25, 0.3) is 5.91 Å². The molecule has 0 unspecified atom stereocenters. The van der Waals surface area contributed by atoms with Gasteiger partial charge in [-0.3, -0.25) is 9.48 Å². The molecule has 1 aliphatic rings. The predicted octanol–water partition coefficient (Wildman–Crippen LogP) is 0.903. The molecule has 1 fully saturated rings. The summed E-state index contributed by atoms with van der Waals surface area (Å²) in [4.78, 5) is 16.0. The number of amides is 1. The average Bonchev–Trinajstić information content (AvgIpc) is 3.18. The summed E-state index contributed by atoms with van der Waals surface area (Å²) in [5, 5.41) is 19.8. The maximum Gasteiger partial charge on any atom is 0.270 e. The van der Waals surface area contributed by atoms with Crippen LogP contribution >= 0.6 is 0 Å². The van der Waals surface area contributed by atoms with Crippen LogP contribution in [0.25, 0.3) is 0 Å². The molecule has 122 valence electrons. The Morgan fingerprint density at radius 2 is 2.30 bits per heavy atom. The van der Waals surface area contributed by atoms with E-state index < -0.39 is 5.82 Å². The summed E-state index contributed by atoms with van der Waals surface area (Å²) in [6, 6.07) is 2.62. The van der Waals surface area contributed by atoms with Crippen LogP contribution in [0.1, 0.15) is 35.4 Å². The molecule has 2 N–H and O–H groups in total. The van der Waals surface area contributed by atoms with Gasteiger partial charge in [-0.25, -0.2) is 9.37 Å². The number of aliphatic hydroxyl groups is 1. The Bertz CT molecular complexity index is 673. The van der Waals surface area contributed by atoms with E-state index in [1.165, 1.54) is 12.1 Å². The first-order valence-electron chi connectivity index (χ1n) is 7.58. The van der Waals surface area contributed by atoms with E-state index in [4.69, 9.17) is 5.11 Å². The molecule has 0 radical (unpaired) electrons.